The van der Waals surface area contributed by atoms with Crippen molar-refractivity contribution in [3.05, 3.63) is 30.0 Å². The summed E-state index contributed by atoms with van der Waals surface area (Å²) in [6.45, 7) is 7.23. The maximum Gasteiger partial charge on any atom is 0.435 e. The number of methoxy groups -OCH3 is 1. The van der Waals surface area contributed by atoms with E-state index in [1.165, 1.54) is 4.68 Å². The zero-order valence-corrected chi connectivity index (χ0v) is 12.9. The van der Waals surface area contributed by atoms with Gasteiger partial charge < -0.3 is 9.47 Å². The highest BCUT2D eigenvalue weighted by molar-refractivity contribution is 5.72. The van der Waals surface area contributed by atoms with E-state index in [1.807, 2.05) is 32.9 Å². The van der Waals surface area contributed by atoms with Crippen molar-refractivity contribution in [3.8, 4) is 17.3 Å². The predicted molar refractivity (Wildman–Crippen MR) is 78.4 cm³/mol. The Labute approximate surface area is 123 Å². The van der Waals surface area contributed by atoms with Crippen LogP contribution in [0.5, 0.6) is 5.88 Å². The van der Waals surface area contributed by atoms with Crippen LogP contribution in [0, 0.1) is 6.92 Å². The van der Waals surface area contributed by atoms with Gasteiger partial charge in [0.2, 0.25) is 5.88 Å². The van der Waals surface area contributed by atoms with Gasteiger partial charge >= 0.3 is 6.09 Å². The van der Waals surface area contributed by atoms with Gasteiger partial charge in [-0.2, -0.15) is 9.78 Å². The van der Waals surface area contributed by atoms with E-state index >= 15 is 0 Å². The van der Waals surface area contributed by atoms with Crippen molar-refractivity contribution in [1.82, 2.24) is 14.8 Å². The largest absolute Gasteiger partial charge is 0.481 e. The number of nitrogens with zero attached hydrogens (tertiary/aromatic N) is 3. The Morgan fingerprint density at radius 1 is 1.24 bits per heavy atom. The molecule has 0 saturated carbocycles. The highest BCUT2D eigenvalue weighted by Crippen LogP contribution is 2.20. The van der Waals surface area contributed by atoms with E-state index in [1.54, 1.807) is 26.2 Å². The molecule has 0 aliphatic carbocycles. The zero-order valence-electron chi connectivity index (χ0n) is 12.9. The van der Waals surface area contributed by atoms with Crippen LogP contribution in [-0.4, -0.2) is 33.6 Å². The molecule has 0 saturated heterocycles. The Morgan fingerprint density at radius 3 is 2.57 bits per heavy atom. The second-order valence-electron chi connectivity index (χ2n) is 5.63. The molecule has 0 atom stereocenters. The Morgan fingerprint density at radius 2 is 1.95 bits per heavy atom. The number of aryl methyl sites for hydroxylation is 1. The third-order valence-corrected chi connectivity index (χ3v) is 2.65. The van der Waals surface area contributed by atoms with Gasteiger partial charge in [-0.3, -0.25) is 0 Å². The van der Waals surface area contributed by atoms with Crippen molar-refractivity contribution in [2.24, 2.45) is 0 Å². The van der Waals surface area contributed by atoms with Crippen molar-refractivity contribution >= 4 is 6.09 Å². The fourth-order valence-corrected chi connectivity index (χ4v) is 1.76. The van der Waals surface area contributed by atoms with Gasteiger partial charge in [0.05, 0.1) is 12.8 Å². The molecule has 21 heavy (non-hydrogen) atoms. The fourth-order valence-electron chi connectivity index (χ4n) is 1.76. The minimum atomic E-state index is -0.566. The summed E-state index contributed by atoms with van der Waals surface area (Å²) in [5.41, 5.74) is 1.35. The lowest BCUT2D eigenvalue weighted by Gasteiger charge is -2.19. The van der Waals surface area contributed by atoms with Crippen molar-refractivity contribution in [2.45, 2.75) is 33.3 Å². The molecule has 0 aliphatic rings. The van der Waals surface area contributed by atoms with Gasteiger partial charge in [-0.05, 0) is 39.8 Å². The average Bonchev–Trinajstić information content (AvgIpc) is 2.79. The molecular formula is C15H19N3O3. The monoisotopic (exact) mass is 289 g/mol. The van der Waals surface area contributed by atoms with Gasteiger partial charge in [-0.15, -0.1) is 0 Å². The van der Waals surface area contributed by atoms with Gasteiger partial charge in [-0.1, -0.05) is 6.07 Å². The molecule has 0 unspecified atom stereocenters. The number of carbonyl (C=O) groups is 1. The third-order valence-electron chi connectivity index (χ3n) is 2.65. The number of hydrogen-bond donors (Lipinski definition) is 0. The minimum absolute atomic E-state index is 0.497. The number of ether oxygens (including phenoxy) is 2. The molecule has 2 rings (SSSR count). The van der Waals surface area contributed by atoms with Crippen molar-refractivity contribution in [2.75, 3.05) is 7.11 Å². The molecule has 0 fully saturated rings. The lowest BCUT2D eigenvalue weighted by atomic mass is 10.2. The molecule has 0 amide bonds. The summed E-state index contributed by atoms with van der Waals surface area (Å²) in [4.78, 5) is 16.4. The number of aromatic nitrogens is 3. The van der Waals surface area contributed by atoms with Crippen LogP contribution in [0.3, 0.4) is 0 Å². The van der Waals surface area contributed by atoms with Gasteiger partial charge in [0.1, 0.15) is 11.3 Å². The average molecular weight is 289 g/mol. The first kappa shape index (κ1) is 15.0. The first-order chi connectivity index (χ1) is 9.80. The predicted octanol–water partition coefficient (Wildman–Crippen LogP) is 3.05. The Kier molecular flexibility index (Phi) is 3.97. The highest BCUT2D eigenvalue weighted by Gasteiger charge is 2.21. The van der Waals surface area contributed by atoms with Crippen LogP contribution < -0.4 is 4.74 Å². The van der Waals surface area contributed by atoms with E-state index in [0.717, 1.165) is 0 Å². The molecule has 6 heteroatoms. The summed E-state index contributed by atoms with van der Waals surface area (Å²) < 4.78 is 11.6. The molecule has 0 bridgehead atoms. The van der Waals surface area contributed by atoms with Gasteiger partial charge in [0.15, 0.2) is 0 Å². The molecular weight excluding hydrogens is 270 g/mol. The fraction of sp³-hybridized carbons (Fsp3) is 0.400. The van der Waals surface area contributed by atoms with Crippen LogP contribution in [0.1, 0.15) is 26.5 Å². The summed E-state index contributed by atoms with van der Waals surface area (Å²) in [5.74, 6) is 0.497. The highest BCUT2D eigenvalue weighted by atomic mass is 16.6. The maximum atomic E-state index is 12.1. The molecule has 0 aliphatic heterocycles. The smallest absolute Gasteiger partial charge is 0.435 e. The van der Waals surface area contributed by atoms with Crippen LogP contribution in [0.25, 0.3) is 11.4 Å². The number of rotatable bonds is 2. The third kappa shape index (κ3) is 3.59. The molecule has 112 valence electrons. The molecule has 0 aromatic carbocycles. The van der Waals surface area contributed by atoms with E-state index in [9.17, 15) is 4.79 Å². The van der Waals surface area contributed by atoms with Crippen LogP contribution in [0.2, 0.25) is 0 Å². The lowest BCUT2D eigenvalue weighted by Crippen LogP contribution is -2.28. The van der Waals surface area contributed by atoms with Crippen molar-refractivity contribution in [3.63, 3.8) is 0 Å². The zero-order chi connectivity index (χ0) is 15.6. The molecule has 6 nitrogen and oxygen atoms in total. The van der Waals surface area contributed by atoms with E-state index in [0.29, 0.717) is 23.0 Å². The van der Waals surface area contributed by atoms with Gasteiger partial charge in [0, 0.05) is 11.8 Å². The van der Waals surface area contributed by atoms with Crippen molar-refractivity contribution in [1.29, 1.82) is 0 Å². The summed E-state index contributed by atoms with van der Waals surface area (Å²) in [5, 5.41) is 4.26. The van der Waals surface area contributed by atoms with Crippen molar-refractivity contribution < 1.29 is 14.3 Å². The molecule has 0 radical (unpaired) electrons. The van der Waals surface area contributed by atoms with Crippen LogP contribution in [-0.2, 0) is 4.74 Å². The number of pyridine rings is 1. The first-order valence-corrected chi connectivity index (χ1v) is 6.61. The number of hydrogen-bond acceptors (Lipinski definition) is 5. The lowest BCUT2D eigenvalue weighted by molar-refractivity contribution is 0.0511. The Hall–Kier alpha value is -2.37. The summed E-state index contributed by atoms with van der Waals surface area (Å²) in [6.07, 6.45) is -0.505. The minimum Gasteiger partial charge on any atom is -0.481 e. The van der Waals surface area contributed by atoms with E-state index in [4.69, 9.17) is 9.47 Å². The summed E-state index contributed by atoms with van der Waals surface area (Å²) >= 11 is 0. The second kappa shape index (κ2) is 5.55. The maximum absolute atomic E-state index is 12.1. The van der Waals surface area contributed by atoms with Crippen LogP contribution in [0.4, 0.5) is 4.79 Å². The molecule has 2 aromatic rings. The van der Waals surface area contributed by atoms with E-state index in [2.05, 4.69) is 10.1 Å². The first-order valence-electron chi connectivity index (χ1n) is 6.61. The molecule has 2 heterocycles. The van der Waals surface area contributed by atoms with E-state index in [-0.39, 0.29) is 0 Å². The number of carbonyl (C=O) groups excluding carboxylic acids is 1. The standard InChI is InChI=1S/C15H19N3O3/c1-10-9-12(11-7-6-8-13(16-11)20-5)17-18(10)14(19)21-15(2,3)4/h6-9H,1-5H3. The Balaban J connectivity index is 2.32. The quantitative estimate of drug-likeness (QED) is 0.850. The summed E-state index contributed by atoms with van der Waals surface area (Å²) in [6, 6.07) is 7.17. The van der Waals surface area contributed by atoms with Gasteiger partial charge in [-0.25, -0.2) is 9.78 Å². The van der Waals surface area contributed by atoms with E-state index < -0.39 is 11.7 Å². The second-order valence-corrected chi connectivity index (χ2v) is 5.63. The molecule has 0 spiro atoms. The Bertz CT molecular complexity index is 656. The van der Waals surface area contributed by atoms with Gasteiger partial charge in [0.25, 0.3) is 0 Å². The molecule has 2 aromatic heterocycles. The topological polar surface area (TPSA) is 66.2 Å². The molecule has 0 N–H and O–H groups in total. The SMILES string of the molecule is COc1cccc(-c2cc(C)n(C(=O)OC(C)(C)C)n2)n1. The van der Waals surface area contributed by atoms with Crippen LogP contribution in [0.15, 0.2) is 24.3 Å². The normalized spacial score (nSPS) is 11.3. The summed E-state index contributed by atoms with van der Waals surface area (Å²) in [7, 11) is 1.55. The van der Waals surface area contributed by atoms with Crippen LogP contribution >= 0.6 is 0 Å².